The fourth-order valence-corrected chi connectivity index (χ4v) is 1.87. The molecule has 0 saturated heterocycles. The van der Waals surface area contributed by atoms with Crippen LogP contribution in [0.5, 0.6) is 0 Å². The minimum Gasteiger partial charge on any atom is -0.344 e. The van der Waals surface area contributed by atoms with E-state index in [4.69, 9.17) is 0 Å². The summed E-state index contributed by atoms with van der Waals surface area (Å²) in [5.74, 6) is -1.70. The molecule has 0 radical (unpaired) electrons. The molecule has 0 aliphatic carbocycles. The topological polar surface area (TPSA) is 114 Å². The maximum atomic E-state index is 11.7. The third kappa shape index (κ3) is 5.54. The van der Waals surface area contributed by atoms with Crippen LogP contribution in [-0.2, 0) is 16.1 Å². The molecule has 0 aliphatic rings. The highest BCUT2D eigenvalue weighted by atomic mass is 16.6. The zero-order valence-electron chi connectivity index (χ0n) is 13.4. The first-order valence-electron chi connectivity index (χ1n) is 7.37. The van der Waals surface area contributed by atoms with E-state index >= 15 is 0 Å². The SMILES string of the molecule is Cc1ccc(CNC(=O)C(=O)N/N=C\c2ccc([N+](=O)[O-])cc2)cc1. The summed E-state index contributed by atoms with van der Waals surface area (Å²) in [6, 6.07) is 13.1. The Kier molecular flexibility index (Phi) is 5.94. The molecule has 0 unspecified atom stereocenters. The Morgan fingerprint density at radius 3 is 2.32 bits per heavy atom. The number of nitro benzene ring substituents is 1. The van der Waals surface area contributed by atoms with Crippen molar-refractivity contribution in [3.05, 3.63) is 75.3 Å². The van der Waals surface area contributed by atoms with Crippen LogP contribution in [0.4, 0.5) is 5.69 Å². The van der Waals surface area contributed by atoms with Gasteiger partial charge in [0.05, 0.1) is 11.1 Å². The van der Waals surface area contributed by atoms with Gasteiger partial charge in [-0.3, -0.25) is 19.7 Å². The van der Waals surface area contributed by atoms with Gasteiger partial charge in [0.25, 0.3) is 5.69 Å². The van der Waals surface area contributed by atoms with Crippen LogP contribution in [-0.4, -0.2) is 23.0 Å². The number of nitrogens with zero attached hydrogens (tertiary/aromatic N) is 2. The molecule has 8 nitrogen and oxygen atoms in total. The maximum Gasteiger partial charge on any atom is 0.329 e. The van der Waals surface area contributed by atoms with Crippen LogP contribution >= 0.6 is 0 Å². The van der Waals surface area contributed by atoms with E-state index in [-0.39, 0.29) is 12.2 Å². The Bertz CT molecular complexity index is 798. The van der Waals surface area contributed by atoms with Crippen LogP contribution < -0.4 is 10.7 Å². The van der Waals surface area contributed by atoms with Crippen molar-refractivity contribution >= 4 is 23.7 Å². The van der Waals surface area contributed by atoms with E-state index in [0.717, 1.165) is 11.1 Å². The molecule has 25 heavy (non-hydrogen) atoms. The van der Waals surface area contributed by atoms with Crippen molar-refractivity contribution in [1.29, 1.82) is 0 Å². The summed E-state index contributed by atoms with van der Waals surface area (Å²) in [4.78, 5) is 33.3. The van der Waals surface area contributed by atoms with Gasteiger partial charge >= 0.3 is 11.8 Å². The van der Waals surface area contributed by atoms with Gasteiger partial charge in [-0.2, -0.15) is 5.10 Å². The highest BCUT2D eigenvalue weighted by Gasteiger charge is 2.11. The molecule has 2 rings (SSSR count). The fourth-order valence-electron chi connectivity index (χ4n) is 1.87. The first-order chi connectivity index (χ1) is 12.0. The number of hydrogen-bond donors (Lipinski definition) is 2. The predicted molar refractivity (Wildman–Crippen MR) is 91.9 cm³/mol. The monoisotopic (exact) mass is 340 g/mol. The fraction of sp³-hybridized carbons (Fsp3) is 0.118. The Labute approximate surface area is 143 Å². The van der Waals surface area contributed by atoms with E-state index in [0.29, 0.717) is 5.56 Å². The summed E-state index contributed by atoms with van der Waals surface area (Å²) in [6.07, 6.45) is 1.29. The molecular weight excluding hydrogens is 324 g/mol. The van der Waals surface area contributed by atoms with Crippen molar-refractivity contribution in [3.8, 4) is 0 Å². The second kappa shape index (κ2) is 8.34. The molecule has 0 bridgehead atoms. The largest absolute Gasteiger partial charge is 0.344 e. The Balaban J connectivity index is 1.81. The number of non-ortho nitro benzene ring substituents is 1. The van der Waals surface area contributed by atoms with Gasteiger partial charge in [-0.05, 0) is 30.2 Å². The molecule has 0 fully saturated rings. The Hall–Kier alpha value is -3.55. The van der Waals surface area contributed by atoms with Gasteiger partial charge in [0.1, 0.15) is 0 Å². The third-order valence-corrected chi connectivity index (χ3v) is 3.26. The standard InChI is InChI=1S/C17H16N4O4/c1-12-2-4-13(5-3-12)10-18-16(22)17(23)20-19-11-14-6-8-15(9-7-14)21(24)25/h2-9,11H,10H2,1H3,(H,18,22)(H,20,23)/b19-11-. The van der Waals surface area contributed by atoms with Gasteiger partial charge in [-0.25, -0.2) is 5.43 Å². The average molecular weight is 340 g/mol. The smallest absolute Gasteiger partial charge is 0.329 e. The molecule has 0 atom stereocenters. The number of hydrogen-bond acceptors (Lipinski definition) is 5. The first kappa shape index (κ1) is 17.8. The van der Waals surface area contributed by atoms with Crippen molar-refractivity contribution in [2.45, 2.75) is 13.5 Å². The minimum atomic E-state index is -0.898. The molecule has 128 valence electrons. The van der Waals surface area contributed by atoms with Crippen molar-refractivity contribution in [3.63, 3.8) is 0 Å². The van der Waals surface area contributed by atoms with Crippen LogP contribution in [0.3, 0.4) is 0 Å². The van der Waals surface area contributed by atoms with Gasteiger partial charge in [0, 0.05) is 18.7 Å². The molecule has 2 aromatic carbocycles. The number of nitro groups is 1. The number of hydrazone groups is 1. The van der Waals surface area contributed by atoms with Crippen LogP contribution in [0.15, 0.2) is 53.6 Å². The van der Waals surface area contributed by atoms with Crippen LogP contribution in [0.2, 0.25) is 0 Å². The summed E-state index contributed by atoms with van der Waals surface area (Å²) >= 11 is 0. The molecular formula is C17H16N4O4. The van der Waals surface area contributed by atoms with E-state index in [1.54, 1.807) is 0 Å². The number of benzene rings is 2. The summed E-state index contributed by atoms with van der Waals surface area (Å²) in [6.45, 7) is 2.19. The third-order valence-electron chi connectivity index (χ3n) is 3.26. The van der Waals surface area contributed by atoms with E-state index in [9.17, 15) is 19.7 Å². The van der Waals surface area contributed by atoms with E-state index in [1.807, 2.05) is 31.2 Å². The molecule has 8 heteroatoms. The summed E-state index contributed by atoms with van der Waals surface area (Å²) < 4.78 is 0. The normalized spacial score (nSPS) is 10.4. The highest BCUT2D eigenvalue weighted by molar-refractivity contribution is 6.35. The number of amides is 2. The Morgan fingerprint density at radius 1 is 1.08 bits per heavy atom. The average Bonchev–Trinajstić information content (AvgIpc) is 2.61. The lowest BCUT2D eigenvalue weighted by molar-refractivity contribution is -0.384. The van der Waals surface area contributed by atoms with Gasteiger partial charge < -0.3 is 5.32 Å². The van der Waals surface area contributed by atoms with E-state index in [1.165, 1.54) is 30.5 Å². The van der Waals surface area contributed by atoms with Crippen molar-refractivity contribution in [2.75, 3.05) is 0 Å². The van der Waals surface area contributed by atoms with Crippen LogP contribution in [0.25, 0.3) is 0 Å². The number of carbonyl (C=O) groups excluding carboxylic acids is 2. The van der Waals surface area contributed by atoms with Gasteiger partial charge in [0.2, 0.25) is 0 Å². The summed E-state index contributed by atoms with van der Waals surface area (Å²) in [5.41, 5.74) is 4.58. The molecule has 2 N–H and O–H groups in total. The predicted octanol–water partition coefficient (Wildman–Crippen LogP) is 1.67. The van der Waals surface area contributed by atoms with Crippen LogP contribution in [0.1, 0.15) is 16.7 Å². The number of rotatable bonds is 5. The lowest BCUT2D eigenvalue weighted by atomic mass is 10.1. The molecule has 0 spiro atoms. The molecule has 0 aromatic heterocycles. The highest BCUT2D eigenvalue weighted by Crippen LogP contribution is 2.10. The van der Waals surface area contributed by atoms with Crippen molar-refractivity contribution in [1.82, 2.24) is 10.7 Å². The molecule has 2 aromatic rings. The number of carbonyl (C=O) groups is 2. The van der Waals surface area contributed by atoms with Crippen molar-refractivity contribution < 1.29 is 14.5 Å². The first-order valence-corrected chi connectivity index (χ1v) is 7.37. The second-order valence-corrected chi connectivity index (χ2v) is 5.22. The Morgan fingerprint density at radius 2 is 1.72 bits per heavy atom. The van der Waals surface area contributed by atoms with Crippen molar-refractivity contribution in [2.24, 2.45) is 5.10 Å². The number of aryl methyl sites for hydroxylation is 1. The zero-order valence-corrected chi connectivity index (χ0v) is 13.4. The van der Waals surface area contributed by atoms with E-state index < -0.39 is 16.7 Å². The molecule has 0 saturated carbocycles. The lowest BCUT2D eigenvalue weighted by Crippen LogP contribution is -2.37. The van der Waals surface area contributed by atoms with Crippen LogP contribution in [0, 0.1) is 17.0 Å². The van der Waals surface area contributed by atoms with Gasteiger partial charge in [0.15, 0.2) is 0 Å². The quantitative estimate of drug-likeness (QED) is 0.373. The van der Waals surface area contributed by atoms with Gasteiger partial charge in [-0.15, -0.1) is 0 Å². The maximum absolute atomic E-state index is 11.7. The second-order valence-electron chi connectivity index (χ2n) is 5.22. The summed E-state index contributed by atoms with van der Waals surface area (Å²) in [7, 11) is 0. The summed E-state index contributed by atoms with van der Waals surface area (Å²) in [5, 5.41) is 16.7. The molecule has 2 amide bonds. The molecule has 0 heterocycles. The van der Waals surface area contributed by atoms with Gasteiger partial charge in [-0.1, -0.05) is 29.8 Å². The number of nitrogens with one attached hydrogen (secondary N) is 2. The lowest BCUT2D eigenvalue weighted by Gasteiger charge is -2.04. The van der Waals surface area contributed by atoms with E-state index in [2.05, 4.69) is 15.8 Å². The molecule has 0 aliphatic heterocycles. The minimum absolute atomic E-state index is 0.0448. The zero-order chi connectivity index (χ0) is 18.2.